The van der Waals surface area contributed by atoms with E-state index in [0.29, 0.717) is 11.9 Å². The highest BCUT2D eigenvalue weighted by Gasteiger charge is 2.27. The number of hydrogen-bond acceptors (Lipinski definition) is 7. The smallest absolute Gasteiger partial charge is 0.243 e. The topological polar surface area (TPSA) is 141 Å². The van der Waals surface area contributed by atoms with Gasteiger partial charge in [0.05, 0.1) is 17.4 Å². The maximum atomic E-state index is 12.8. The first-order valence-electron chi connectivity index (χ1n) is 9.68. The third kappa shape index (κ3) is 8.47. The van der Waals surface area contributed by atoms with Crippen molar-refractivity contribution in [2.75, 3.05) is 0 Å². The van der Waals surface area contributed by atoms with Gasteiger partial charge in [0.25, 0.3) is 0 Å². The molecular weight excluding hydrogens is 418 g/mol. The molecule has 0 saturated carbocycles. The van der Waals surface area contributed by atoms with Crippen LogP contribution in [0, 0.1) is 5.41 Å². The van der Waals surface area contributed by atoms with Crippen molar-refractivity contribution in [1.29, 1.82) is 5.41 Å². The third-order valence-corrected chi connectivity index (χ3v) is 5.01. The Morgan fingerprint density at radius 1 is 1.10 bits per heavy atom. The Morgan fingerprint density at radius 3 is 2.45 bits per heavy atom. The van der Waals surface area contributed by atoms with Gasteiger partial charge in [-0.3, -0.25) is 19.2 Å². The Hall–Kier alpha value is -3.40. The zero-order valence-electron chi connectivity index (χ0n) is 17.1. The maximum Gasteiger partial charge on any atom is 0.243 e. The number of carbonyl (C=O) groups excluding carboxylic acids is 4. The zero-order valence-corrected chi connectivity index (χ0v) is 17.9. The van der Waals surface area contributed by atoms with Gasteiger partial charge >= 0.3 is 0 Å². The molecule has 0 fully saturated rings. The number of benzene rings is 1. The van der Waals surface area contributed by atoms with Crippen molar-refractivity contribution in [2.24, 2.45) is 0 Å². The molecule has 0 radical (unpaired) electrons. The van der Waals surface area contributed by atoms with Crippen molar-refractivity contribution in [3.63, 3.8) is 0 Å². The van der Waals surface area contributed by atoms with E-state index >= 15 is 0 Å². The van der Waals surface area contributed by atoms with Crippen LogP contribution < -0.4 is 16.0 Å². The molecule has 0 aliphatic carbocycles. The van der Waals surface area contributed by atoms with Gasteiger partial charge in [0.1, 0.15) is 12.1 Å². The lowest BCUT2D eigenvalue weighted by Gasteiger charge is -2.22. The van der Waals surface area contributed by atoms with E-state index in [1.807, 2.05) is 30.3 Å². The molecule has 164 valence electrons. The molecule has 0 saturated heterocycles. The average molecular weight is 444 g/mol. The third-order valence-electron chi connectivity index (χ3n) is 4.37. The van der Waals surface area contributed by atoms with Gasteiger partial charge in [0, 0.05) is 31.7 Å². The zero-order chi connectivity index (χ0) is 22.6. The summed E-state index contributed by atoms with van der Waals surface area (Å²) in [4.78, 5) is 52.8. The highest BCUT2D eigenvalue weighted by molar-refractivity contribution is 7.07. The number of Topliss-reactive ketones (excluding diaryl/α,β-unsaturated/α-hetero) is 1. The molecule has 0 spiro atoms. The first kappa shape index (κ1) is 23.9. The summed E-state index contributed by atoms with van der Waals surface area (Å²) in [7, 11) is 0. The number of ketones is 1. The van der Waals surface area contributed by atoms with Crippen LogP contribution >= 0.6 is 11.3 Å². The first-order chi connectivity index (χ1) is 14.9. The molecule has 1 aromatic carbocycles. The van der Waals surface area contributed by atoms with Gasteiger partial charge in [-0.25, -0.2) is 4.98 Å². The van der Waals surface area contributed by atoms with Gasteiger partial charge in [-0.2, -0.15) is 0 Å². The molecule has 2 atom stereocenters. The second kappa shape index (κ2) is 12.3. The Kier molecular flexibility index (Phi) is 9.50. The Bertz CT molecular complexity index is 902. The molecule has 2 aromatic rings. The predicted molar refractivity (Wildman–Crippen MR) is 117 cm³/mol. The summed E-state index contributed by atoms with van der Waals surface area (Å²) in [6.07, 6.45) is 0.823. The lowest BCUT2D eigenvalue weighted by Crippen LogP contribution is -2.54. The summed E-state index contributed by atoms with van der Waals surface area (Å²) < 4.78 is 0. The van der Waals surface area contributed by atoms with Gasteiger partial charge in [0.2, 0.25) is 17.7 Å². The monoisotopic (exact) mass is 443 g/mol. The summed E-state index contributed by atoms with van der Waals surface area (Å²) in [5.41, 5.74) is 3.15. The highest BCUT2D eigenvalue weighted by Crippen LogP contribution is 2.07. The Morgan fingerprint density at radius 2 is 1.84 bits per heavy atom. The quantitative estimate of drug-likeness (QED) is 0.362. The molecule has 31 heavy (non-hydrogen) atoms. The fourth-order valence-corrected chi connectivity index (χ4v) is 3.38. The number of rotatable bonds is 12. The van der Waals surface area contributed by atoms with E-state index < -0.39 is 29.7 Å². The molecule has 0 unspecified atom stereocenters. The van der Waals surface area contributed by atoms with Crippen LogP contribution in [0.2, 0.25) is 0 Å². The van der Waals surface area contributed by atoms with Gasteiger partial charge in [0.15, 0.2) is 5.78 Å². The molecule has 0 bridgehead atoms. The van der Waals surface area contributed by atoms with Gasteiger partial charge in [-0.1, -0.05) is 30.3 Å². The fourth-order valence-electron chi connectivity index (χ4n) is 2.81. The summed E-state index contributed by atoms with van der Waals surface area (Å²) in [5.74, 6) is -1.84. The molecule has 0 aliphatic heterocycles. The molecule has 4 N–H and O–H groups in total. The van der Waals surface area contributed by atoms with E-state index in [9.17, 15) is 19.2 Å². The van der Waals surface area contributed by atoms with Crippen molar-refractivity contribution < 1.29 is 19.2 Å². The molecule has 10 heteroatoms. The largest absolute Gasteiger partial charge is 0.350 e. The fraction of sp³-hybridized carbons (Fsp3) is 0.333. The number of aromatic nitrogens is 1. The maximum absolute atomic E-state index is 12.8. The average Bonchev–Trinajstić information content (AvgIpc) is 3.27. The molecule has 1 aromatic heterocycles. The van der Waals surface area contributed by atoms with Gasteiger partial charge < -0.3 is 21.4 Å². The molecule has 1 heterocycles. The number of amides is 3. The summed E-state index contributed by atoms with van der Waals surface area (Å²) in [6, 6.07) is 7.36. The normalized spacial score (nSPS) is 12.3. The second-order valence-electron chi connectivity index (χ2n) is 6.85. The summed E-state index contributed by atoms with van der Waals surface area (Å²) >= 11 is 1.37. The van der Waals surface area contributed by atoms with Crippen LogP contribution in [0.4, 0.5) is 0 Å². The van der Waals surface area contributed by atoms with Crippen LogP contribution in [0.1, 0.15) is 31.0 Å². The van der Waals surface area contributed by atoms with Crippen LogP contribution in [0.3, 0.4) is 0 Å². The van der Waals surface area contributed by atoms with E-state index in [1.54, 1.807) is 10.9 Å². The van der Waals surface area contributed by atoms with E-state index in [0.717, 1.165) is 5.56 Å². The molecule has 3 amide bonds. The van der Waals surface area contributed by atoms with Crippen molar-refractivity contribution in [3.8, 4) is 0 Å². The Labute approximate surface area is 184 Å². The van der Waals surface area contributed by atoms with E-state index in [4.69, 9.17) is 5.41 Å². The molecular formula is C21H25N5O4S. The van der Waals surface area contributed by atoms with Crippen molar-refractivity contribution >= 4 is 41.1 Å². The SMILES string of the molecule is CC(=O)N[C@@H](Cc1cscn1)C(=O)N[C@@H](CCC(=O)C=N)C(=O)NCc1ccccc1. The van der Waals surface area contributed by atoms with Crippen molar-refractivity contribution in [2.45, 2.75) is 44.8 Å². The lowest BCUT2D eigenvalue weighted by molar-refractivity contribution is -0.132. The van der Waals surface area contributed by atoms with E-state index in [-0.39, 0.29) is 31.7 Å². The lowest BCUT2D eigenvalue weighted by atomic mass is 10.1. The van der Waals surface area contributed by atoms with Crippen LogP contribution in [0.15, 0.2) is 41.2 Å². The number of carbonyl (C=O) groups is 4. The highest BCUT2D eigenvalue weighted by atomic mass is 32.1. The minimum atomic E-state index is -0.994. The molecule has 2 rings (SSSR count). The van der Waals surface area contributed by atoms with Crippen molar-refractivity contribution in [1.82, 2.24) is 20.9 Å². The van der Waals surface area contributed by atoms with Crippen LogP contribution in [0.5, 0.6) is 0 Å². The minimum absolute atomic E-state index is 0.0318. The van der Waals surface area contributed by atoms with Gasteiger partial charge in [-0.05, 0) is 12.0 Å². The van der Waals surface area contributed by atoms with Crippen LogP contribution in [-0.4, -0.2) is 46.8 Å². The minimum Gasteiger partial charge on any atom is -0.350 e. The summed E-state index contributed by atoms with van der Waals surface area (Å²) in [5, 5.41) is 16.8. The van der Waals surface area contributed by atoms with Gasteiger partial charge in [-0.15, -0.1) is 11.3 Å². The van der Waals surface area contributed by atoms with E-state index in [1.165, 1.54) is 18.3 Å². The van der Waals surface area contributed by atoms with Crippen molar-refractivity contribution in [3.05, 3.63) is 52.5 Å². The van der Waals surface area contributed by atoms with E-state index in [2.05, 4.69) is 20.9 Å². The number of hydrogen-bond donors (Lipinski definition) is 4. The van der Waals surface area contributed by atoms with Crippen LogP contribution in [-0.2, 0) is 32.1 Å². The number of thiazole rings is 1. The number of nitrogens with zero attached hydrogens (tertiary/aromatic N) is 1. The summed E-state index contributed by atoms with van der Waals surface area (Å²) in [6.45, 7) is 1.56. The molecule has 9 nitrogen and oxygen atoms in total. The first-order valence-corrected chi connectivity index (χ1v) is 10.6. The Balaban J connectivity index is 2.07. The van der Waals surface area contributed by atoms with Crippen LogP contribution in [0.25, 0.3) is 0 Å². The predicted octanol–water partition coefficient (Wildman–Crippen LogP) is 0.990. The molecule has 0 aliphatic rings. The number of nitrogens with one attached hydrogen (secondary N) is 4. The standard InChI is InChI=1S/C21H25N5O4S/c1-14(27)25-19(9-16-12-31-13-24-16)21(30)26-18(8-7-17(28)10-22)20(29)23-11-15-5-3-2-4-6-15/h2-6,10,12-13,18-19,22H,7-9,11H2,1H3,(H,23,29)(H,25,27)(H,26,30)/t18-,19-/m0/s1. The second-order valence-corrected chi connectivity index (χ2v) is 7.57.